The normalized spacial score (nSPS) is 12.0. The number of nitrogens with two attached hydrogens (primary N) is 1. The molecule has 7 nitrogen and oxygen atoms in total. The van der Waals surface area contributed by atoms with Gasteiger partial charge in [-0.2, -0.15) is 4.99 Å². The molecule has 3 N–H and O–H groups in total. The number of amides is 2. The van der Waals surface area contributed by atoms with E-state index in [1.54, 1.807) is 24.3 Å². The third-order valence-electron chi connectivity index (χ3n) is 2.30. The predicted octanol–water partition coefficient (Wildman–Crippen LogP) is 0.970. The van der Waals surface area contributed by atoms with E-state index in [0.717, 1.165) is 11.8 Å². The first kappa shape index (κ1) is 15.4. The van der Waals surface area contributed by atoms with Crippen LogP contribution in [0, 0.1) is 5.92 Å². The number of hydrogen-bond acceptors (Lipinski definition) is 4. The van der Waals surface area contributed by atoms with Crippen molar-refractivity contribution in [1.82, 2.24) is 0 Å². The van der Waals surface area contributed by atoms with Gasteiger partial charge in [0.05, 0.1) is 0 Å². The van der Waals surface area contributed by atoms with Gasteiger partial charge in [-0.1, -0.05) is 30.3 Å². The zero-order valence-corrected chi connectivity index (χ0v) is 10.6. The fraction of sp³-hybridized carbons (Fsp3) is 0.231. The molecule has 1 aromatic rings. The number of aliphatic imine (C=N–C) groups is 1. The Morgan fingerprint density at radius 3 is 2.50 bits per heavy atom. The largest absolute Gasteiger partial charge is 0.481 e. The van der Waals surface area contributed by atoms with Gasteiger partial charge in [0.1, 0.15) is 12.5 Å². The molecule has 0 aliphatic carbocycles. The van der Waals surface area contributed by atoms with Crippen LogP contribution in [0.25, 0.3) is 0 Å². The van der Waals surface area contributed by atoms with Gasteiger partial charge in [0, 0.05) is 12.6 Å². The molecule has 106 valence electrons. The quantitative estimate of drug-likeness (QED) is 0.751. The maximum atomic E-state index is 11.3. The van der Waals surface area contributed by atoms with Crippen LogP contribution in [0.5, 0.6) is 0 Å². The molecule has 0 aliphatic rings. The maximum Gasteiger partial charge on any atom is 0.433 e. The van der Waals surface area contributed by atoms with Crippen molar-refractivity contribution in [2.24, 2.45) is 16.6 Å². The van der Waals surface area contributed by atoms with Crippen LogP contribution in [0.4, 0.5) is 4.79 Å². The smallest absolute Gasteiger partial charge is 0.433 e. The molecule has 0 saturated carbocycles. The molecular formula is C13H14N2O5. The van der Waals surface area contributed by atoms with Crippen molar-refractivity contribution in [2.45, 2.75) is 13.0 Å². The van der Waals surface area contributed by atoms with Crippen LogP contribution in [0.3, 0.4) is 0 Å². The van der Waals surface area contributed by atoms with Crippen LogP contribution >= 0.6 is 0 Å². The number of carboxylic acids is 1. The van der Waals surface area contributed by atoms with Crippen molar-refractivity contribution >= 4 is 24.2 Å². The fourth-order valence-electron chi connectivity index (χ4n) is 1.33. The Balaban J connectivity index is 2.49. The number of aliphatic carboxylic acids is 1. The molecular weight excluding hydrogens is 264 g/mol. The summed E-state index contributed by atoms with van der Waals surface area (Å²) < 4.78 is 4.82. The molecule has 0 aromatic heterocycles. The van der Waals surface area contributed by atoms with Crippen molar-refractivity contribution in [3.63, 3.8) is 0 Å². The highest BCUT2D eigenvalue weighted by Crippen LogP contribution is 2.03. The summed E-state index contributed by atoms with van der Waals surface area (Å²) in [5.41, 5.74) is 5.67. The van der Waals surface area contributed by atoms with Gasteiger partial charge in [0.25, 0.3) is 0 Å². The lowest BCUT2D eigenvalue weighted by molar-refractivity contribution is -0.140. The Bertz CT molecular complexity index is 513. The number of ether oxygens (including phenoxy) is 1. The van der Waals surface area contributed by atoms with Crippen molar-refractivity contribution in [1.29, 1.82) is 0 Å². The minimum absolute atomic E-state index is 0.0323. The van der Waals surface area contributed by atoms with Gasteiger partial charge in [0.15, 0.2) is 0 Å². The number of hydrogen-bond donors (Lipinski definition) is 2. The van der Waals surface area contributed by atoms with Crippen LogP contribution < -0.4 is 5.73 Å². The Labute approximate surface area is 115 Å². The molecule has 0 heterocycles. The third kappa shape index (κ3) is 5.76. The molecule has 7 heteroatoms. The van der Waals surface area contributed by atoms with Gasteiger partial charge < -0.3 is 15.6 Å². The summed E-state index contributed by atoms with van der Waals surface area (Å²) in [5.74, 6) is -3.32. The van der Waals surface area contributed by atoms with E-state index in [2.05, 4.69) is 4.99 Å². The van der Waals surface area contributed by atoms with Gasteiger partial charge in [-0.15, -0.1) is 0 Å². The average molecular weight is 278 g/mol. The minimum atomic E-state index is -1.29. The van der Waals surface area contributed by atoms with E-state index in [0.29, 0.717) is 0 Å². The summed E-state index contributed by atoms with van der Waals surface area (Å²) in [6.07, 6.45) is -0.504. The van der Waals surface area contributed by atoms with Gasteiger partial charge in [-0.3, -0.25) is 9.59 Å². The molecule has 0 spiro atoms. The topological polar surface area (TPSA) is 119 Å². The highest BCUT2D eigenvalue weighted by molar-refractivity contribution is 5.96. The molecule has 20 heavy (non-hydrogen) atoms. The molecule has 0 radical (unpaired) electrons. The monoisotopic (exact) mass is 278 g/mol. The summed E-state index contributed by atoms with van der Waals surface area (Å²) in [4.78, 5) is 36.1. The van der Waals surface area contributed by atoms with E-state index in [1.165, 1.54) is 0 Å². The lowest BCUT2D eigenvalue weighted by Crippen LogP contribution is -2.23. The van der Waals surface area contributed by atoms with Crippen LogP contribution in [-0.2, 0) is 20.9 Å². The van der Waals surface area contributed by atoms with Gasteiger partial charge in [-0.25, -0.2) is 4.79 Å². The fourth-order valence-corrected chi connectivity index (χ4v) is 1.33. The molecule has 0 saturated heterocycles. The van der Waals surface area contributed by atoms with Crippen LogP contribution in [0.2, 0.25) is 0 Å². The van der Waals surface area contributed by atoms with E-state index < -0.39 is 30.3 Å². The van der Waals surface area contributed by atoms with E-state index in [9.17, 15) is 14.4 Å². The van der Waals surface area contributed by atoms with Gasteiger partial charge in [0.2, 0.25) is 5.91 Å². The number of primary amides is 1. The van der Waals surface area contributed by atoms with E-state index in [-0.39, 0.29) is 6.61 Å². The second-order valence-electron chi connectivity index (χ2n) is 3.93. The number of benzene rings is 1. The SMILES string of the molecule is NC(=O)CC(C=NC(=O)OCc1ccccc1)C(=O)O. The molecule has 1 aromatic carbocycles. The first-order chi connectivity index (χ1) is 9.49. The molecule has 2 amide bonds. The van der Waals surface area contributed by atoms with Gasteiger partial charge in [-0.05, 0) is 5.56 Å². The van der Waals surface area contributed by atoms with Crippen molar-refractivity contribution in [3.05, 3.63) is 35.9 Å². The van der Waals surface area contributed by atoms with Crippen LogP contribution in [0.1, 0.15) is 12.0 Å². The lowest BCUT2D eigenvalue weighted by atomic mass is 10.1. The van der Waals surface area contributed by atoms with E-state index in [4.69, 9.17) is 15.6 Å². The highest BCUT2D eigenvalue weighted by Gasteiger charge is 2.18. The van der Waals surface area contributed by atoms with E-state index >= 15 is 0 Å². The first-order valence-electron chi connectivity index (χ1n) is 5.75. The average Bonchev–Trinajstić information content (AvgIpc) is 2.41. The predicted molar refractivity (Wildman–Crippen MR) is 70.1 cm³/mol. The molecule has 0 aliphatic heterocycles. The molecule has 0 fully saturated rings. The third-order valence-corrected chi connectivity index (χ3v) is 2.30. The summed E-state index contributed by atoms with van der Waals surface area (Å²) in [6, 6.07) is 8.94. The standard InChI is InChI=1S/C13H14N2O5/c14-11(16)6-10(12(17)18)7-15-13(19)20-8-9-4-2-1-3-5-9/h1-5,7,10H,6,8H2,(H2,14,16)(H,17,18). The number of carbonyl (C=O) groups excluding carboxylic acids is 2. The zero-order chi connectivity index (χ0) is 15.0. The van der Waals surface area contributed by atoms with Crippen molar-refractivity contribution in [2.75, 3.05) is 0 Å². The van der Waals surface area contributed by atoms with Gasteiger partial charge >= 0.3 is 12.1 Å². The summed E-state index contributed by atoms with van der Waals surface area (Å²) in [7, 11) is 0. The summed E-state index contributed by atoms with van der Waals surface area (Å²) in [5, 5.41) is 8.79. The molecule has 1 atom stereocenters. The van der Waals surface area contributed by atoms with Crippen molar-refractivity contribution < 1.29 is 24.2 Å². The number of rotatable bonds is 6. The minimum Gasteiger partial charge on any atom is -0.481 e. The lowest BCUT2D eigenvalue weighted by Gasteiger charge is -2.04. The van der Waals surface area contributed by atoms with Crippen LogP contribution in [0.15, 0.2) is 35.3 Å². The van der Waals surface area contributed by atoms with Crippen LogP contribution in [-0.4, -0.2) is 29.3 Å². The Morgan fingerprint density at radius 1 is 1.30 bits per heavy atom. The second kappa shape index (κ2) is 7.67. The first-order valence-corrected chi connectivity index (χ1v) is 5.75. The maximum absolute atomic E-state index is 11.3. The number of nitrogens with zero attached hydrogens (tertiary/aromatic N) is 1. The number of carboxylic acid groups (broad SMARTS) is 1. The summed E-state index contributed by atoms with van der Waals surface area (Å²) >= 11 is 0. The summed E-state index contributed by atoms with van der Waals surface area (Å²) in [6.45, 7) is 0.0323. The zero-order valence-electron chi connectivity index (χ0n) is 10.6. The second-order valence-corrected chi connectivity index (χ2v) is 3.93. The Kier molecular flexibility index (Phi) is 5.89. The van der Waals surface area contributed by atoms with E-state index in [1.807, 2.05) is 6.07 Å². The molecule has 1 rings (SSSR count). The Hall–Kier alpha value is -2.70. The number of carbonyl (C=O) groups is 3. The highest BCUT2D eigenvalue weighted by atomic mass is 16.5. The Morgan fingerprint density at radius 2 is 1.95 bits per heavy atom. The molecule has 1 unspecified atom stereocenters. The van der Waals surface area contributed by atoms with Crippen molar-refractivity contribution in [3.8, 4) is 0 Å². The molecule has 0 bridgehead atoms.